The summed E-state index contributed by atoms with van der Waals surface area (Å²) in [6.07, 6.45) is 0. The minimum absolute atomic E-state index is 0.137. The number of hydrogen-bond acceptors (Lipinski definition) is 6. The summed E-state index contributed by atoms with van der Waals surface area (Å²) in [6.45, 7) is 0. The maximum atomic E-state index is 10.7. The molecule has 2 aromatic rings. The van der Waals surface area contributed by atoms with E-state index in [-0.39, 0.29) is 11.6 Å². The van der Waals surface area contributed by atoms with Crippen molar-refractivity contribution >= 4 is 5.97 Å². The monoisotopic (exact) mass is 276 g/mol. The number of nitrogens with zero attached hydrogens (tertiary/aromatic N) is 2. The highest BCUT2D eigenvalue weighted by Gasteiger charge is 2.14. The molecule has 20 heavy (non-hydrogen) atoms. The molecule has 0 radical (unpaired) electrons. The molecule has 0 amide bonds. The number of carboxylic acid groups (broad SMARTS) is 1. The average molecular weight is 276 g/mol. The fourth-order valence-electron chi connectivity index (χ4n) is 1.51. The number of aromatic nitrogens is 2. The zero-order valence-electron chi connectivity index (χ0n) is 10.9. The second-order valence-corrected chi connectivity index (χ2v) is 3.66. The molecule has 1 aromatic heterocycles. The third-order valence-corrected chi connectivity index (χ3v) is 2.45. The molecule has 0 atom stereocenters. The van der Waals surface area contributed by atoms with Gasteiger partial charge in [0, 0.05) is 6.07 Å². The Bertz CT molecular complexity index is 590. The van der Waals surface area contributed by atoms with Crippen molar-refractivity contribution in [2.45, 2.75) is 0 Å². The summed E-state index contributed by atoms with van der Waals surface area (Å²) in [7, 11) is 3.00. The Labute approximate surface area is 114 Å². The van der Waals surface area contributed by atoms with Crippen molar-refractivity contribution in [1.82, 2.24) is 10.2 Å². The number of carboxylic acids is 1. The van der Waals surface area contributed by atoms with Crippen LogP contribution in [-0.4, -0.2) is 35.5 Å². The molecule has 1 N–H and O–H groups in total. The van der Waals surface area contributed by atoms with Gasteiger partial charge in [0.25, 0.3) is 0 Å². The van der Waals surface area contributed by atoms with Crippen LogP contribution in [0, 0.1) is 0 Å². The van der Waals surface area contributed by atoms with Crippen molar-refractivity contribution in [1.29, 1.82) is 0 Å². The number of carbonyl (C=O) groups is 1. The number of aromatic carboxylic acids is 1. The summed E-state index contributed by atoms with van der Waals surface area (Å²) in [5.41, 5.74) is -0.163. The van der Waals surface area contributed by atoms with Crippen molar-refractivity contribution < 1.29 is 24.1 Å². The van der Waals surface area contributed by atoms with Gasteiger partial charge in [0.1, 0.15) is 0 Å². The minimum Gasteiger partial charge on any atom is -0.493 e. The van der Waals surface area contributed by atoms with Gasteiger partial charge in [-0.05, 0) is 18.2 Å². The molecule has 7 heteroatoms. The minimum atomic E-state index is -1.15. The Morgan fingerprint density at radius 3 is 2.15 bits per heavy atom. The van der Waals surface area contributed by atoms with Crippen LogP contribution in [0.25, 0.3) is 0 Å². The molecule has 0 aliphatic rings. The average Bonchev–Trinajstić information content (AvgIpc) is 2.48. The maximum Gasteiger partial charge on any atom is 0.356 e. The van der Waals surface area contributed by atoms with Crippen LogP contribution in [0.5, 0.6) is 23.1 Å². The van der Waals surface area contributed by atoms with Gasteiger partial charge < -0.3 is 19.3 Å². The standard InChI is InChI=1S/C13H12N2O5/c1-18-9-4-3-5-10(19-2)12(9)20-11-7-6-8(13(16)17)14-15-11/h3-7H,1-2H3,(H,16,17). The first-order valence-corrected chi connectivity index (χ1v) is 5.61. The van der Waals surface area contributed by atoms with E-state index in [2.05, 4.69) is 10.2 Å². The van der Waals surface area contributed by atoms with E-state index in [1.54, 1.807) is 18.2 Å². The first-order chi connectivity index (χ1) is 9.65. The second-order valence-electron chi connectivity index (χ2n) is 3.66. The van der Waals surface area contributed by atoms with Crippen molar-refractivity contribution in [3.8, 4) is 23.1 Å². The number of ether oxygens (including phenoxy) is 3. The maximum absolute atomic E-state index is 10.7. The lowest BCUT2D eigenvalue weighted by Gasteiger charge is -2.12. The summed E-state index contributed by atoms with van der Waals surface area (Å²) < 4.78 is 15.9. The van der Waals surface area contributed by atoms with E-state index < -0.39 is 5.97 Å². The van der Waals surface area contributed by atoms with E-state index >= 15 is 0 Å². The lowest BCUT2D eigenvalue weighted by Crippen LogP contribution is -2.02. The Hall–Kier alpha value is -2.83. The zero-order chi connectivity index (χ0) is 14.5. The van der Waals surface area contributed by atoms with E-state index in [1.807, 2.05) is 0 Å². The molecule has 0 saturated carbocycles. The Kier molecular flexibility index (Phi) is 3.99. The van der Waals surface area contributed by atoms with E-state index in [0.29, 0.717) is 17.2 Å². The summed E-state index contributed by atoms with van der Waals surface area (Å²) >= 11 is 0. The molecule has 1 aromatic carbocycles. The van der Waals surface area contributed by atoms with Crippen LogP contribution in [0.2, 0.25) is 0 Å². The number of rotatable bonds is 5. The van der Waals surface area contributed by atoms with Gasteiger partial charge in [0.2, 0.25) is 11.6 Å². The molecule has 104 valence electrons. The zero-order valence-corrected chi connectivity index (χ0v) is 10.9. The number of methoxy groups -OCH3 is 2. The summed E-state index contributed by atoms with van der Waals surface area (Å²) in [6, 6.07) is 7.87. The third kappa shape index (κ3) is 2.77. The van der Waals surface area contributed by atoms with E-state index in [0.717, 1.165) is 0 Å². The summed E-state index contributed by atoms with van der Waals surface area (Å²) in [5, 5.41) is 16.0. The van der Waals surface area contributed by atoms with Crippen LogP contribution in [0.3, 0.4) is 0 Å². The predicted octanol–water partition coefficient (Wildman–Crippen LogP) is 1.98. The number of para-hydroxylation sites is 1. The summed E-state index contributed by atoms with van der Waals surface area (Å²) in [5.74, 6) is 0.258. The Balaban J connectivity index is 2.31. The van der Waals surface area contributed by atoms with E-state index in [1.165, 1.54) is 26.4 Å². The fraction of sp³-hybridized carbons (Fsp3) is 0.154. The molecular weight excluding hydrogens is 264 g/mol. The highest BCUT2D eigenvalue weighted by atomic mass is 16.5. The van der Waals surface area contributed by atoms with Crippen LogP contribution in [0.4, 0.5) is 0 Å². The Morgan fingerprint density at radius 1 is 1.05 bits per heavy atom. The highest BCUT2D eigenvalue weighted by molar-refractivity contribution is 5.84. The normalized spacial score (nSPS) is 9.90. The van der Waals surface area contributed by atoms with Gasteiger partial charge in [-0.15, -0.1) is 10.2 Å². The molecule has 0 aliphatic carbocycles. The first kappa shape index (κ1) is 13.6. The second kappa shape index (κ2) is 5.87. The van der Waals surface area contributed by atoms with Gasteiger partial charge in [-0.25, -0.2) is 4.79 Å². The van der Waals surface area contributed by atoms with Crippen molar-refractivity contribution in [3.63, 3.8) is 0 Å². The molecular formula is C13H12N2O5. The molecule has 0 aliphatic heterocycles. The van der Waals surface area contributed by atoms with Crippen LogP contribution >= 0.6 is 0 Å². The van der Waals surface area contributed by atoms with Gasteiger partial charge in [0.05, 0.1) is 14.2 Å². The fourth-order valence-corrected chi connectivity index (χ4v) is 1.51. The molecule has 2 rings (SSSR count). The summed E-state index contributed by atoms with van der Waals surface area (Å²) in [4.78, 5) is 10.7. The van der Waals surface area contributed by atoms with Crippen LogP contribution < -0.4 is 14.2 Å². The van der Waals surface area contributed by atoms with Crippen LogP contribution in [-0.2, 0) is 0 Å². The SMILES string of the molecule is COc1cccc(OC)c1Oc1ccc(C(=O)O)nn1. The van der Waals surface area contributed by atoms with E-state index in [4.69, 9.17) is 19.3 Å². The molecule has 0 saturated heterocycles. The molecule has 0 spiro atoms. The molecule has 1 heterocycles. The van der Waals surface area contributed by atoms with Crippen molar-refractivity contribution in [2.24, 2.45) is 0 Å². The smallest absolute Gasteiger partial charge is 0.356 e. The quantitative estimate of drug-likeness (QED) is 0.892. The van der Waals surface area contributed by atoms with Crippen molar-refractivity contribution in [2.75, 3.05) is 14.2 Å². The van der Waals surface area contributed by atoms with Gasteiger partial charge in [-0.1, -0.05) is 6.07 Å². The van der Waals surface area contributed by atoms with Gasteiger partial charge in [0.15, 0.2) is 17.2 Å². The predicted molar refractivity (Wildman–Crippen MR) is 68.6 cm³/mol. The first-order valence-electron chi connectivity index (χ1n) is 5.61. The number of benzene rings is 1. The lowest BCUT2D eigenvalue weighted by atomic mass is 10.3. The molecule has 0 fully saturated rings. The van der Waals surface area contributed by atoms with Gasteiger partial charge in [-0.2, -0.15) is 0 Å². The van der Waals surface area contributed by atoms with E-state index in [9.17, 15) is 4.79 Å². The lowest BCUT2D eigenvalue weighted by molar-refractivity contribution is 0.0689. The molecule has 0 unspecified atom stereocenters. The molecule has 7 nitrogen and oxygen atoms in total. The largest absolute Gasteiger partial charge is 0.493 e. The van der Waals surface area contributed by atoms with Crippen LogP contribution in [0.15, 0.2) is 30.3 Å². The highest BCUT2D eigenvalue weighted by Crippen LogP contribution is 2.39. The van der Waals surface area contributed by atoms with Crippen molar-refractivity contribution in [3.05, 3.63) is 36.0 Å². The topological polar surface area (TPSA) is 90.8 Å². The van der Waals surface area contributed by atoms with Crippen LogP contribution in [0.1, 0.15) is 10.5 Å². The number of hydrogen-bond donors (Lipinski definition) is 1. The van der Waals surface area contributed by atoms with Gasteiger partial charge in [-0.3, -0.25) is 0 Å². The molecule has 0 bridgehead atoms. The third-order valence-electron chi connectivity index (χ3n) is 2.45. The Morgan fingerprint density at radius 2 is 1.70 bits per heavy atom. The van der Waals surface area contributed by atoms with Gasteiger partial charge >= 0.3 is 5.97 Å².